The Labute approximate surface area is 161 Å². The van der Waals surface area contributed by atoms with Crippen molar-refractivity contribution in [1.82, 2.24) is 4.98 Å². The molecule has 0 atom stereocenters. The summed E-state index contributed by atoms with van der Waals surface area (Å²) in [5, 5.41) is 10.2. The van der Waals surface area contributed by atoms with Crippen molar-refractivity contribution in [2.45, 2.75) is 0 Å². The predicted molar refractivity (Wildman–Crippen MR) is 111 cm³/mol. The number of carbonyl (C=O) groups excluding carboxylic acids is 1. The first-order chi connectivity index (χ1) is 13.6. The van der Waals surface area contributed by atoms with Gasteiger partial charge in [0.2, 0.25) is 0 Å². The molecule has 136 valence electrons. The summed E-state index contributed by atoms with van der Waals surface area (Å²) in [4.78, 5) is 28.6. The number of fused-ring (bicyclic) bond motifs is 1. The molecule has 0 aliphatic heterocycles. The Bertz CT molecular complexity index is 1240. The molecule has 2 N–H and O–H groups in total. The van der Waals surface area contributed by atoms with Gasteiger partial charge in [0.1, 0.15) is 5.75 Å². The van der Waals surface area contributed by atoms with Crippen molar-refractivity contribution >= 4 is 22.8 Å². The molecule has 0 aliphatic carbocycles. The van der Waals surface area contributed by atoms with Crippen LogP contribution in [0.1, 0.15) is 15.9 Å². The highest BCUT2D eigenvalue weighted by molar-refractivity contribution is 6.15. The van der Waals surface area contributed by atoms with Gasteiger partial charge in [-0.2, -0.15) is 0 Å². The van der Waals surface area contributed by atoms with Crippen molar-refractivity contribution in [3.8, 4) is 16.9 Å². The van der Waals surface area contributed by atoms with Crippen LogP contribution in [0.2, 0.25) is 0 Å². The zero-order valence-corrected chi connectivity index (χ0v) is 14.9. The van der Waals surface area contributed by atoms with E-state index in [1.807, 2.05) is 54.6 Å². The van der Waals surface area contributed by atoms with E-state index in [0.29, 0.717) is 11.1 Å². The number of rotatable bonds is 4. The van der Waals surface area contributed by atoms with Crippen LogP contribution in [0.15, 0.2) is 89.7 Å². The van der Waals surface area contributed by atoms with Crippen LogP contribution in [-0.2, 0) is 0 Å². The number of H-pyrrole nitrogens is 1. The summed E-state index contributed by atoms with van der Waals surface area (Å²) in [5.41, 5.74) is 2.57. The van der Waals surface area contributed by atoms with E-state index in [-0.39, 0.29) is 17.1 Å². The Hall–Kier alpha value is -3.92. The van der Waals surface area contributed by atoms with E-state index in [0.717, 1.165) is 16.5 Å². The number of carbonyl (C=O) groups is 1. The van der Waals surface area contributed by atoms with Crippen molar-refractivity contribution in [2.75, 3.05) is 0 Å². The summed E-state index contributed by atoms with van der Waals surface area (Å²) >= 11 is 0. The molecule has 28 heavy (non-hydrogen) atoms. The molecule has 0 fully saturated rings. The van der Waals surface area contributed by atoms with Gasteiger partial charge in [0.15, 0.2) is 5.78 Å². The van der Waals surface area contributed by atoms with E-state index in [4.69, 9.17) is 0 Å². The summed E-state index contributed by atoms with van der Waals surface area (Å²) in [5.74, 6) is -0.222. The van der Waals surface area contributed by atoms with Gasteiger partial charge in [0.25, 0.3) is 5.56 Å². The maximum absolute atomic E-state index is 13.0. The lowest BCUT2D eigenvalue weighted by Crippen LogP contribution is -2.18. The van der Waals surface area contributed by atoms with Gasteiger partial charge < -0.3 is 10.1 Å². The van der Waals surface area contributed by atoms with Crippen LogP contribution in [0.5, 0.6) is 5.75 Å². The molecular formula is C24H17NO3. The number of pyridine rings is 1. The van der Waals surface area contributed by atoms with E-state index in [1.54, 1.807) is 30.3 Å². The van der Waals surface area contributed by atoms with Crippen LogP contribution < -0.4 is 5.56 Å². The van der Waals surface area contributed by atoms with Crippen LogP contribution in [-0.4, -0.2) is 15.9 Å². The number of hydrogen-bond donors (Lipinski definition) is 2. The summed E-state index contributed by atoms with van der Waals surface area (Å²) < 4.78 is 0. The third-order valence-electron chi connectivity index (χ3n) is 4.55. The van der Waals surface area contributed by atoms with Gasteiger partial charge in [0.05, 0.1) is 5.56 Å². The minimum absolute atomic E-state index is 0.111. The molecule has 4 rings (SSSR count). The van der Waals surface area contributed by atoms with Gasteiger partial charge in [-0.3, -0.25) is 9.59 Å². The minimum Gasteiger partial charge on any atom is -0.508 e. The smallest absolute Gasteiger partial charge is 0.260 e. The topological polar surface area (TPSA) is 70.2 Å². The largest absolute Gasteiger partial charge is 0.508 e. The van der Waals surface area contributed by atoms with Crippen molar-refractivity contribution in [3.05, 3.63) is 106 Å². The van der Waals surface area contributed by atoms with E-state index in [2.05, 4.69) is 4.98 Å². The Kier molecular flexibility index (Phi) is 4.60. The van der Waals surface area contributed by atoms with E-state index in [9.17, 15) is 14.7 Å². The Morgan fingerprint density at radius 1 is 0.857 bits per heavy atom. The molecule has 0 aliphatic rings. The number of aromatic amines is 1. The average molecular weight is 367 g/mol. The van der Waals surface area contributed by atoms with Crippen molar-refractivity contribution < 1.29 is 9.90 Å². The Morgan fingerprint density at radius 2 is 1.54 bits per heavy atom. The van der Waals surface area contributed by atoms with Crippen molar-refractivity contribution in [3.63, 3.8) is 0 Å². The first-order valence-corrected chi connectivity index (χ1v) is 8.85. The number of phenolic OH excluding ortho intramolecular Hbond substituents is 1. The fourth-order valence-electron chi connectivity index (χ4n) is 3.22. The summed E-state index contributed by atoms with van der Waals surface area (Å²) in [6.45, 7) is 0. The first-order valence-electron chi connectivity index (χ1n) is 8.85. The molecule has 0 saturated heterocycles. The maximum Gasteiger partial charge on any atom is 0.260 e. The number of phenols is 1. The second-order valence-corrected chi connectivity index (χ2v) is 6.40. The molecular weight excluding hydrogens is 350 g/mol. The van der Waals surface area contributed by atoms with E-state index in [1.165, 1.54) is 6.08 Å². The van der Waals surface area contributed by atoms with Crippen LogP contribution >= 0.6 is 0 Å². The fraction of sp³-hybridized carbons (Fsp3) is 0. The number of ketones is 1. The van der Waals surface area contributed by atoms with Gasteiger partial charge in [-0.1, -0.05) is 66.7 Å². The highest BCUT2D eigenvalue weighted by Gasteiger charge is 2.18. The second kappa shape index (κ2) is 7.37. The number of aromatic hydroxyl groups is 1. The van der Waals surface area contributed by atoms with Crippen molar-refractivity contribution in [1.29, 1.82) is 0 Å². The summed E-state index contributed by atoms with van der Waals surface area (Å²) in [6.07, 6.45) is 3.02. The van der Waals surface area contributed by atoms with E-state index < -0.39 is 5.56 Å². The number of benzene rings is 3. The molecule has 1 aromatic heterocycles. The minimum atomic E-state index is -0.419. The highest BCUT2D eigenvalue weighted by Crippen LogP contribution is 2.29. The van der Waals surface area contributed by atoms with E-state index >= 15 is 0 Å². The monoisotopic (exact) mass is 367 g/mol. The molecule has 4 nitrogen and oxygen atoms in total. The molecule has 4 aromatic rings. The molecule has 1 heterocycles. The third-order valence-corrected chi connectivity index (χ3v) is 4.55. The average Bonchev–Trinajstić information content (AvgIpc) is 2.72. The standard InChI is InChI=1S/C24H17NO3/c26-18-13-10-16(11-14-18)12-15-21(27)23-22(17-6-2-1-3-7-17)19-8-4-5-9-20(19)25-24(23)28/h1-15,26H,(H,25,28)/b15-12+. The van der Waals surface area contributed by atoms with Gasteiger partial charge in [-0.05, 0) is 35.4 Å². The predicted octanol–water partition coefficient (Wildman–Crippen LogP) is 4.80. The van der Waals surface area contributed by atoms with Gasteiger partial charge >= 0.3 is 0 Å². The molecule has 0 unspecified atom stereocenters. The van der Waals surface area contributed by atoms with Gasteiger partial charge in [0, 0.05) is 16.5 Å². The molecule has 0 spiro atoms. The Morgan fingerprint density at radius 3 is 2.29 bits per heavy atom. The van der Waals surface area contributed by atoms with Gasteiger partial charge in [-0.25, -0.2) is 0 Å². The number of nitrogens with one attached hydrogen (secondary N) is 1. The lowest BCUT2D eigenvalue weighted by molar-refractivity contribution is 0.104. The maximum atomic E-state index is 13.0. The van der Waals surface area contributed by atoms with Crippen LogP contribution in [0.25, 0.3) is 28.1 Å². The number of hydrogen-bond acceptors (Lipinski definition) is 3. The lowest BCUT2D eigenvalue weighted by Gasteiger charge is -2.11. The SMILES string of the molecule is O=C(/C=C/c1ccc(O)cc1)c1c(-c2ccccc2)c2ccccc2[nH]c1=O. The van der Waals surface area contributed by atoms with Crippen LogP contribution in [0, 0.1) is 0 Å². The zero-order valence-electron chi connectivity index (χ0n) is 14.9. The van der Waals surface area contributed by atoms with Crippen LogP contribution in [0.3, 0.4) is 0 Å². The van der Waals surface area contributed by atoms with Gasteiger partial charge in [-0.15, -0.1) is 0 Å². The molecule has 0 saturated carbocycles. The molecule has 0 bridgehead atoms. The third kappa shape index (κ3) is 3.35. The molecule has 3 aromatic carbocycles. The second-order valence-electron chi connectivity index (χ2n) is 6.40. The number of aromatic nitrogens is 1. The Balaban J connectivity index is 1.88. The van der Waals surface area contributed by atoms with Crippen LogP contribution in [0.4, 0.5) is 0 Å². The highest BCUT2D eigenvalue weighted by atomic mass is 16.3. The lowest BCUT2D eigenvalue weighted by atomic mass is 9.94. The number of allylic oxidation sites excluding steroid dienone is 1. The first kappa shape index (κ1) is 17.5. The normalized spacial score (nSPS) is 11.1. The molecule has 0 amide bonds. The summed E-state index contributed by atoms with van der Waals surface area (Å²) in [7, 11) is 0. The summed E-state index contributed by atoms with van der Waals surface area (Å²) in [6, 6.07) is 23.4. The fourth-order valence-corrected chi connectivity index (χ4v) is 3.22. The molecule has 4 heteroatoms. The number of para-hydroxylation sites is 1. The molecule has 0 radical (unpaired) electrons. The van der Waals surface area contributed by atoms with Crippen molar-refractivity contribution in [2.24, 2.45) is 0 Å². The quantitative estimate of drug-likeness (QED) is 0.402. The zero-order chi connectivity index (χ0) is 19.5.